The molecule has 0 heterocycles. The average Bonchev–Trinajstić information content (AvgIpc) is 2.26. The fourth-order valence-corrected chi connectivity index (χ4v) is 2.44. The molecule has 0 fully saturated rings. The molecule has 0 spiro atoms. The number of hydrogen-bond acceptors (Lipinski definition) is 5. The highest BCUT2D eigenvalue weighted by Crippen LogP contribution is 2.23. The molecule has 0 N–H and O–H groups in total. The topological polar surface area (TPSA) is 101 Å². The van der Waals surface area contributed by atoms with Crippen LogP contribution in [0, 0.1) is 28.4 Å². The van der Waals surface area contributed by atoms with E-state index in [0.29, 0.717) is 5.56 Å². The van der Waals surface area contributed by atoms with Gasteiger partial charge < -0.3 is 0 Å². The Labute approximate surface area is 98.6 Å². The molecule has 1 aromatic carbocycles. The van der Waals surface area contributed by atoms with E-state index in [0.717, 1.165) is 6.07 Å². The fraction of sp³-hybridized carbons (Fsp3) is 0.300. The van der Waals surface area contributed by atoms with Crippen molar-refractivity contribution in [2.75, 3.05) is 5.75 Å². The molecule has 6 nitrogen and oxygen atoms in total. The summed E-state index contributed by atoms with van der Waals surface area (Å²) in [5.74, 6) is -0.330. The first-order valence-electron chi connectivity index (χ1n) is 4.73. The molecule has 0 saturated carbocycles. The average molecular weight is 254 g/mol. The van der Waals surface area contributed by atoms with Gasteiger partial charge in [-0.25, -0.2) is 8.42 Å². The summed E-state index contributed by atoms with van der Waals surface area (Å²) in [7, 11) is -3.62. The lowest BCUT2D eigenvalue weighted by molar-refractivity contribution is -0.385. The molecule has 0 amide bonds. The molecule has 1 aromatic rings. The third-order valence-electron chi connectivity index (χ3n) is 2.22. The van der Waals surface area contributed by atoms with Crippen LogP contribution in [0.4, 0.5) is 5.69 Å². The zero-order chi connectivity index (χ0) is 13.1. The second-order valence-corrected chi connectivity index (χ2v) is 5.54. The Morgan fingerprint density at radius 1 is 1.47 bits per heavy atom. The number of benzene rings is 1. The Bertz CT molecular complexity index is 587. The Balaban J connectivity index is 3.21. The second kappa shape index (κ2) is 4.93. The van der Waals surface area contributed by atoms with E-state index in [2.05, 4.69) is 0 Å². The zero-order valence-electron chi connectivity index (χ0n) is 9.08. The first kappa shape index (κ1) is 13.1. The maximum absolute atomic E-state index is 11.7. The third kappa shape index (κ3) is 3.01. The maximum atomic E-state index is 11.7. The van der Waals surface area contributed by atoms with E-state index in [9.17, 15) is 18.5 Å². The van der Waals surface area contributed by atoms with Gasteiger partial charge in [0.1, 0.15) is 0 Å². The van der Waals surface area contributed by atoms with Gasteiger partial charge in [-0.3, -0.25) is 10.1 Å². The summed E-state index contributed by atoms with van der Waals surface area (Å²) in [5.41, 5.74) is 0.164. The van der Waals surface area contributed by atoms with E-state index in [-0.39, 0.29) is 22.8 Å². The van der Waals surface area contributed by atoms with Crippen molar-refractivity contribution in [3.8, 4) is 6.07 Å². The summed E-state index contributed by atoms with van der Waals surface area (Å²) in [4.78, 5) is 9.93. The van der Waals surface area contributed by atoms with E-state index in [4.69, 9.17) is 5.26 Å². The Hall–Kier alpha value is -1.94. The molecule has 1 rings (SSSR count). The lowest BCUT2D eigenvalue weighted by Gasteiger charge is -2.03. The van der Waals surface area contributed by atoms with E-state index in [1.165, 1.54) is 19.1 Å². The summed E-state index contributed by atoms with van der Waals surface area (Å²) in [5, 5.41) is 19.0. The van der Waals surface area contributed by atoms with Crippen LogP contribution in [-0.2, 0) is 9.84 Å². The monoisotopic (exact) mass is 254 g/mol. The van der Waals surface area contributed by atoms with Crippen LogP contribution in [-0.4, -0.2) is 19.1 Å². The Morgan fingerprint density at radius 2 is 2.12 bits per heavy atom. The summed E-state index contributed by atoms with van der Waals surface area (Å²) >= 11 is 0. The van der Waals surface area contributed by atoms with Gasteiger partial charge in [0.2, 0.25) is 0 Å². The van der Waals surface area contributed by atoms with E-state index < -0.39 is 14.8 Å². The minimum Gasteiger partial charge on any atom is -0.258 e. The molecule has 7 heteroatoms. The summed E-state index contributed by atoms with van der Waals surface area (Å²) in [6.45, 7) is 1.53. The SMILES string of the molecule is Cc1ccc(S(=O)(=O)CCC#N)cc1[N+](=O)[O-]. The highest BCUT2D eigenvalue weighted by molar-refractivity contribution is 7.91. The van der Waals surface area contributed by atoms with Crippen LogP contribution < -0.4 is 0 Å². The highest BCUT2D eigenvalue weighted by atomic mass is 32.2. The van der Waals surface area contributed by atoms with Gasteiger partial charge in [-0.15, -0.1) is 0 Å². The molecule has 0 aliphatic carbocycles. The minimum atomic E-state index is -3.62. The van der Waals surface area contributed by atoms with Gasteiger partial charge in [-0.05, 0) is 13.0 Å². The van der Waals surface area contributed by atoms with E-state index in [1.54, 1.807) is 6.07 Å². The van der Waals surface area contributed by atoms with Crippen molar-refractivity contribution in [3.05, 3.63) is 33.9 Å². The first-order chi connectivity index (χ1) is 7.88. The van der Waals surface area contributed by atoms with Crippen molar-refractivity contribution in [2.24, 2.45) is 0 Å². The number of rotatable bonds is 4. The fourth-order valence-electron chi connectivity index (χ4n) is 1.28. The standard InChI is InChI=1S/C10H10N2O4S/c1-8-3-4-9(7-10(8)12(13)14)17(15,16)6-2-5-11/h3-4,7H,2,6H2,1H3. The van der Waals surface area contributed by atoms with Crippen LogP contribution in [0.5, 0.6) is 0 Å². The molecule has 0 aromatic heterocycles. The molecule has 0 bridgehead atoms. The number of hydrogen-bond donors (Lipinski definition) is 0. The number of nitriles is 1. The minimum absolute atomic E-state index is 0.120. The van der Waals surface area contributed by atoms with Crippen molar-refractivity contribution < 1.29 is 13.3 Å². The van der Waals surface area contributed by atoms with E-state index >= 15 is 0 Å². The summed E-state index contributed by atoms with van der Waals surface area (Å²) in [6, 6.07) is 5.46. The molecule has 17 heavy (non-hydrogen) atoms. The maximum Gasteiger partial charge on any atom is 0.273 e. The number of nitrogens with zero attached hydrogens (tertiary/aromatic N) is 2. The van der Waals surface area contributed by atoms with Crippen LogP contribution in [0.15, 0.2) is 23.1 Å². The van der Waals surface area contributed by atoms with Gasteiger partial charge in [0, 0.05) is 18.1 Å². The first-order valence-corrected chi connectivity index (χ1v) is 6.38. The van der Waals surface area contributed by atoms with Crippen LogP contribution in [0.1, 0.15) is 12.0 Å². The molecule has 90 valence electrons. The molecule has 0 saturated heterocycles. The van der Waals surface area contributed by atoms with Crippen molar-refractivity contribution in [1.29, 1.82) is 5.26 Å². The van der Waals surface area contributed by atoms with Crippen molar-refractivity contribution in [1.82, 2.24) is 0 Å². The predicted octanol–water partition coefficient (Wildman–Crippen LogP) is 1.59. The second-order valence-electron chi connectivity index (χ2n) is 3.43. The number of nitro benzene ring substituents is 1. The molecular formula is C10H10N2O4S. The molecule has 0 aliphatic rings. The normalized spacial score (nSPS) is 10.8. The van der Waals surface area contributed by atoms with Gasteiger partial charge in [0.05, 0.1) is 21.6 Å². The molecule has 0 unspecified atom stereocenters. The summed E-state index contributed by atoms with van der Waals surface area (Å²) < 4.78 is 23.4. The van der Waals surface area contributed by atoms with Gasteiger partial charge in [-0.1, -0.05) is 6.07 Å². The summed E-state index contributed by atoms with van der Waals surface area (Å²) in [6.07, 6.45) is -0.135. The number of aryl methyl sites for hydroxylation is 1. The third-order valence-corrected chi connectivity index (χ3v) is 3.93. The quantitative estimate of drug-likeness (QED) is 0.599. The predicted molar refractivity (Wildman–Crippen MR) is 60.1 cm³/mol. The van der Waals surface area contributed by atoms with E-state index in [1.807, 2.05) is 0 Å². The van der Waals surface area contributed by atoms with Crippen molar-refractivity contribution in [3.63, 3.8) is 0 Å². The lowest BCUT2D eigenvalue weighted by atomic mass is 10.2. The highest BCUT2D eigenvalue weighted by Gasteiger charge is 2.19. The largest absolute Gasteiger partial charge is 0.273 e. The van der Waals surface area contributed by atoms with Gasteiger partial charge in [-0.2, -0.15) is 5.26 Å². The van der Waals surface area contributed by atoms with Crippen LogP contribution in [0.3, 0.4) is 0 Å². The van der Waals surface area contributed by atoms with Gasteiger partial charge in [0.25, 0.3) is 5.69 Å². The van der Waals surface area contributed by atoms with Crippen LogP contribution in [0.25, 0.3) is 0 Å². The van der Waals surface area contributed by atoms with Crippen molar-refractivity contribution >= 4 is 15.5 Å². The lowest BCUT2D eigenvalue weighted by Crippen LogP contribution is -2.07. The molecular weight excluding hydrogens is 244 g/mol. The van der Waals surface area contributed by atoms with Crippen LogP contribution >= 0.6 is 0 Å². The van der Waals surface area contributed by atoms with Gasteiger partial charge >= 0.3 is 0 Å². The molecule has 0 atom stereocenters. The smallest absolute Gasteiger partial charge is 0.258 e. The van der Waals surface area contributed by atoms with Crippen molar-refractivity contribution in [2.45, 2.75) is 18.2 Å². The number of sulfone groups is 1. The Kier molecular flexibility index (Phi) is 3.81. The zero-order valence-corrected chi connectivity index (χ0v) is 9.90. The van der Waals surface area contributed by atoms with Crippen LogP contribution in [0.2, 0.25) is 0 Å². The molecule has 0 aliphatic heterocycles. The Morgan fingerprint density at radius 3 is 2.65 bits per heavy atom. The number of nitro groups is 1. The van der Waals surface area contributed by atoms with Gasteiger partial charge in [0.15, 0.2) is 9.84 Å². The molecule has 0 radical (unpaired) electrons.